The molecule has 0 aliphatic heterocycles. The predicted molar refractivity (Wildman–Crippen MR) is 93.0 cm³/mol. The Balaban J connectivity index is 0.000000354. The van der Waals surface area contributed by atoms with Crippen LogP contribution in [0.25, 0.3) is 0 Å². The van der Waals surface area contributed by atoms with Crippen LogP contribution in [0.2, 0.25) is 5.02 Å². The Hall–Kier alpha value is -1.60. The molecule has 0 fully saturated rings. The first kappa shape index (κ1) is 19.4. The molecule has 114 valence electrons. The normalized spacial score (nSPS) is 9.24. The number of carbonyl (C=O) groups is 1. The Morgan fingerprint density at radius 1 is 0.857 bits per heavy atom. The summed E-state index contributed by atoms with van der Waals surface area (Å²) >= 11 is 5.61. The quantitative estimate of drug-likeness (QED) is 0.700. The standard InChI is InChI=1S/C11H16.C7H7Cl.CH2O/c1-9(2)8-11-6-4-10(3)5-7-11;1-6-2-4-7(8)5-3-6;1-2/h4-7,9H,8H2,1-3H3;2-5H,1H3;1H2. The molecule has 2 aromatic carbocycles. The smallest absolute Gasteiger partial charge is 0.106 e. The van der Waals surface area contributed by atoms with E-state index in [4.69, 9.17) is 16.4 Å². The highest BCUT2D eigenvalue weighted by atomic mass is 35.5. The van der Waals surface area contributed by atoms with Crippen molar-refractivity contribution in [1.29, 1.82) is 0 Å². The van der Waals surface area contributed by atoms with Crippen molar-refractivity contribution in [2.75, 3.05) is 0 Å². The molecule has 0 spiro atoms. The maximum atomic E-state index is 8.00. The van der Waals surface area contributed by atoms with E-state index < -0.39 is 0 Å². The number of rotatable bonds is 2. The second kappa shape index (κ2) is 11.1. The molecule has 2 heteroatoms. The van der Waals surface area contributed by atoms with Gasteiger partial charge in [-0.05, 0) is 43.9 Å². The fourth-order valence-electron chi connectivity index (χ4n) is 1.73. The minimum Gasteiger partial charge on any atom is -0.307 e. The molecule has 0 unspecified atom stereocenters. The first-order valence-electron chi connectivity index (χ1n) is 7.04. The Labute approximate surface area is 134 Å². The molecular weight excluding hydrogens is 280 g/mol. The third-order valence-electron chi connectivity index (χ3n) is 2.78. The zero-order chi connectivity index (χ0) is 16.3. The van der Waals surface area contributed by atoms with Crippen molar-refractivity contribution in [2.45, 2.75) is 34.1 Å². The summed E-state index contributed by atoms with van der Waals surface area (Å²) in [6, 6.07) is 16.5. The predicted octanol–water partition coefficient (Wildman–Crippen LogP) is 5.66. The summed E-state index contributed by atoms with van der Waals surface area (Å²) in [7, 11) is 0. The minimum atomic E-state index is 0.762. The van der Waals surface area contributed by atoms with Crippen LogP contribution >= 0.6 is 11.6 Å². The lowest BCUT2D eigenvalue weighted by molar-refractivity contribution is -0.0979. The van der Waals surface area contributed by atoms with Gasteiger partial charge in [-0.3, -0.25) is 0 Å². The van der Waals surface area contributed by atoms with E-state index in [2.05, 4.69) is 45.0 Å². The Morgan fingerprint density at radius 3 is 1.57 bits per heavy atom. The van der Waals surface area contributed by atoms with Crippen LogP contribution in [0.5, 0.6) is 0 Å². The van der Waals surface area contributed by atoms with Gasteiger partial charge in [-0.1, -0.05) is 73.0 Å². The third kappa shape index (κ3) is 9.86. The summed E-state index contributed by atoms with van der Waals surface area (Å²) in [4.78, 5) is 8.00. The SMILES string of the molecule is C=O.Cc1ccc(CC(C)C)cc1.Cc1ccc(Cl)cc1. The number of halogens is 1. The van der Waals surface area contributed by atoms with Gasteiger partial charge >= 0.3 is 0 Å². The van der Waals surface area contributed by atoms with Gasteiger partial charge in [-0.2, -0.15) is 0 Å². The molecule has 2 aromatic rings. The Kier molecular flexibility index (Phi) is 10.3. The lowest BCUT2D eigenvalue weighted by atomic mass is 10.0. The molecule has 0 aromatic heterocycles. The fraction of sp³-hybridized carbons (Fsp3) is 0.316. The van der Waals surface area contributed by atoms with Crippen molar-refractivity contribution in [3.63, 3.8) is 0 Å². The van der Waals surface area contributed by atoms with E-state index in [9.17, 15) is 0 Å². The molecule has 0 bridgehead atoms. The topological polar surface area (TPSA) is 17.1 Å². The number of carbonyl (C=O) groups excluding carboxylic acids is 1. The summed E-state index contributed by atoms with van der Waals surface area (Å²) < 4.78 is 0. The van der Waals surface area contributed by atoms with E-state index in [1.807, 2.05) is 38.0 Å². The van der Waals surface area contributed by atoms with Gasteiger partial charge in [0.1, 0.15) is 6.79 Å². The summed E-state index contributed by atoms with van der Waals surface area (Å²) in [5.74, 6) is 0.762. The van der Waals surface area contributed by atoms with Gasteiger partial charge in [0.15, 0.2) is 0 Å². The zero-order valence-electron chi connectivity index (χ0n) is 13.4. The molecule has 0 saturated carbocycles. The molecule has 0 heterocycles. The van der Waals surface area contributed by atoms with Crippen LogP contribution < -0.4 is 0 Å². The van der Waals surface area contributed by atoms with Crippen LogP contribution in [-0.4, -0.2) is 6.79 Å². The average Bonchev–Trinajstić information content (AvgIpc) is 2.47. The number of hydrogen-bond donors (Lipinski definition) is 0. The van der Waals surface area contributed by atoms with Crippen molar-refractivity contribution in [3.05, 3.63) is 70.2 Å². The van der Waals surface area contributed by atoms with E-state index in [-0.39, 0.29) is 0 Å². The van der Waals surface area contributed by atoms with Crippen molar-refractivity contribution >= 4 is 18.4 Å². The second-order valence-corrected chi connectivity index (χ2v) is 5.82. The Morgan fingerprint density at radius 2 is 1.24 bits per heavy atom. The van der Waals surface area contributed by atoms with Gasteiger partial charge < -0.3 is 4.79 Å². The number of aryl methyl sites for hydroxylation is 2. The molecule has 21 heavy (non-hydrogen) atoms. The Bertz CT molecular complexity index is 465. The van der Waals surface area contributed by atoms with E-state index in [1.165, 1.54) is 23.1 Å². The maximum Gasteiger partial charge on any atom is 0.106 e. The van der Waals surface area contributed by atoms with Crippen LogP contribution in [-0.2, 0) is 11.2 Å². The first-order valence-corrected chi connectivity index (χ1v) is 7.41. The summed E-state index contributed by atoms with van der Waals surface area (Å²) in [6.07, 6.45) is 1.19. The highest BCUT2D eigenvalue weighted by Crippen LogP contribution is 2.09. The van der Waals surface area contributed by atoms with Crippen molar-refractivity contribution in [3.8, 4) is 0 Å². The van der Waals surface area contributed by atoms with Crippen LogP contribution in [0, 0.1) is 19.8 Å². The van der Waals surface area contributed by atoms with Crippen LogP contribution in [0.4, 0.5) is 0 Å². The summed E-state index contributed by atoms with van der Waals surface area (Å²) in [5.41, 5.74) is 4.04. The molecule has 0 saturated heterocycles. The van der Waals surface area contributed by atoms with E-state index in [0.29, 0.717) is 0 Å². The van der Waals surface area contributed by atoms with Crippen molar-refractivity contribution < 1.29 is 4.79 Å². The average molecular weight is 305 g/mol. The van der Waals surface area contributed by atoms with E-state index >= 15 is 0 Å². The minimum absolute atomic E-state index is 0.762. The second-order valence-electron chi connectivity index (χ2n) is 5.38. The number of benzene rings is 2. The van der Waals surface area contributed by atoms with Crippen LogP contribution in [0.15, 0.2) is 48.5 Å². The third-order valence-corrected chi connectivity index (χ3v) is 3.03. The van der Waals surface area contributed by atoms with Crippen molar-refractivity contribution in [2.24, 2.45) is 5.92 Å². The van der Waals surface area contributed by atoms with Gasteiger partial charge in [-0.15, -0.1) is 0 Å². The van der Waals surface area contributed by atoms with E-state index in [1.54, 1.807) is 0 Å². The lowest BCUT2D eigenvalue weighted by Crippen LogP contribution is -1.93. The summed E-state index contributed by atoms with van der Waals surface area (Å²) in [6.45, 7) is 10.7. The highest BCUT2D eigenvalue weighted by molar-refractivity contribution is 6.30. The van der Waals surface area contributed by atoms with Gasteiger partial charge in [0.25, 0.3) is 0 Å². The zero-order valence-corrected chi connectivity index (χ0v) is 14.2. The molecule has 1 nitrogen and oxygen atoms in total. The molecule has 2 rings (SSSR count). The summed E-state index contributed by atoms with van der Waals surface area (Å²) in [5, 5.41) is 0.801. The van der Waals surface area contributed by atoms with Gasteiger partial charge in [0.2, 0.25) is 0 Å². The molecular formula is C19H25ClO. The van der Waals surface area contributed by atoms with Gasteiger partial charge in [-0.25, -0.2) is 0 Å². The van der Waals surface area contributed by atoms with E-state index in [0.717, 1.165) is 10.9 Å². The molecule has 0 N–H and O–H groups in total. The fourth-order valence-corrected chi connectivity index (χ4v) is 1.85. The molecule has 0 radical (unpaired) electrons. The van der Waals surface area contributed by atoms with Crippen LogP contribution in [0.3, 0.4) is 0 Å². The molecule has 0 amide bonds. The molecule has 0 atom stereocenters. The lowest BCUT2D eigenvalue weighted by Gasteiger charge is -2.04. The molecule has 0 aliphatic rings. The first-order chi connectivity index (χ1) is 9.97. The van der Waals surface area contributed by atoms with Gasteiger partial charge in [0.05, 0.1) is 0 Å². The number of hydrogen-bond acceptors (Lipinski definition) is 1. The highest BCUT2D eigenvalue weighted by Gasteiger charge is 1.95. The van der Waals surface area contributed by atoms with Crippen LogP contribution in [0.1, 0.15) is 30.5 Å². The monoisotopic (exact) mass is 304 g/mol. The molecule has 0 aliphatic carbocycles. The van der Waals surface area contributed by atoms with Gasteiger partial charge in [0, 0.05) is 5.02 Å². The van der Waals surface area contributed by atoms with Crippen molar-refractivity contribution in [1.82, 2.24) is 0 Å². The largest absolute Gasteiger partial charge is 0.307 e. The maximum absolute atomic E-state index is 8.00.